The van der Waals surface area contributed by atoms with Gasteiger partial charge in [-0.2, -0.15) is 0 Å². The van der Waals surface area contributed by atoms with Gasteiger partial charge in [0.1, 0.15) is 0 Å². The molecule has 0 radical (unpaired) electrons. The predicted octanol–water partition coefficient (Wildman–Crippen LogP) is 1.45. The third-order valence-electron chi connectivity index (χ3n) is 3.60. The Morgan fingerprint density at radius 1 is 1.43 bits per heavy atom. The molecule has 0 spiro atoms. The van der Waals surface area contributed by atoms with Crippen LogP contribution in [0.4, 0.5) is 5.69 Å². The standard InChI is InChI=1S/C14H16N4O3/c19-14-12-8-11(18(20)21)4-5-13(12)16-9-17(14)7-1-6-15-10-2-3-10/h4-5,8-10,15H,1-3,6-7H2. The Morgan fingerprint density at radius 2 is 2.24 bits per heavy atom. The minimum atomic E-state index is -0.504. The summed E-state index contributed by atoms with van der Waals surface area (Å²) in [6.07, 6.45) is 4.81. The highest BCUT2D eigenvalue weighted by atomic mass is 16.6. The molecule has 1 aromatic heterocycles. The van der Waals surface area contributed by atoms with Gasteiger partial charge in [-0.3, -0.25) is 19.5 Å². The van der Waals surface area contributed by atoms with Crippen LogP contribution in [0.25, 0.3) is 10.9 Å². The molecule has 0 saturated heterocycles. The number of hydrogen-bond acceptors (Lipinski definition) is 5. The Bertz CT molecular complexity index is 737. The van der Waals surface area contributed by atoms with Gasteiger partial charge in [0, 0.05) is 24.7 Å². The van der Waals surface area contributed by atoms with Crippen molar-refractivity contribution >= 4 is 16.6 Å². The van der Waals surface area contributed by atoms with Gasteiger partial charge in [0.15, 0.2) is 0 Å². The lowest BCUT2D eigenvalue weighted by Crippen LogP contribution is -2.24. The molecule has 0 unspecified atom stereocenters. The van der Waals surface area contributed by atoms with E-state index in [1.165, 1.54) is 41.9 Å². The molecule has 1 N–H and O–H groups in total. The molecule has 21 heavy (non-hydrogen) atoms. The lowest BCUT2D eigenvalue weighted by molar-refractivity contribution is -0.384. The molecule has 7 heteroatoms. The van der Waals surface area contributed by atoms with Gasteiger partial charge in [0.2, 0.25) is 0 Å². The molecule has 0 bridgehead atoms. The maximum Gasteiger partial charge on any atom is 0.270 e. The average Bonchev–Trinajstić information content (AvgIpc) is 3.29. The third kappa shape index (κ3) is 3.08. The SMILES string of the molecule is O=c1c2cc([N+](=O)[O-])ccc2ncn1CCCNC1CC1. The number of nitro groups is 1. The summed E-state index contributed by atoms with van der Waals surface area (Å²) in [5, 5.41) is 14.5. The van der Waals surface area contributed by atoms with E-state index in [2.05, 4.69) is 10.3 Å². The molecule has 0 atom stereocenters. The van der Waals surface area contributed by atoms with E-state index in [0.717, 1.165) is 13.0 Å². The molecular formula is C14H16N4O3. The van der Waals surface area contributed by atoms with E-state index in [1.807, 2.05) is 0 Å². The summed E-state index contributed by atoms with van der Waals surface area (Å²) in [5.41, 5.74) is 0.169. The predicted molar refractivity (Wildman–Crippen MR) is 78.3 cm³/mol. The number of aromatic nitrogens is 2. The number of rotatable bonds is 6. The Balaban J connectivity index is 1.80. The van der Waals surface area contributed by atoms with E-state index < -0.39 is 4.92 Å². The fourth-order valence-electron chi connectivity index (χ4n) is 2.26. The summed E-state index contributed by atoms with van der Waals surface area (Å²) < 4.78 is 1.51. The van der Waals surface area contributed by atoms with Gasteiger partial charge in [-0.05, 0) is 31.9 Å². The molecule has 7 nitrogen and oxygen atoms in total. The number of nitrogens with one attached hydrogen (secondary N) is 1. The Morgan fingerprint density at radius 3 is 2.95 bits per heavy atom. The number of nitro benzene ring substituents is 1. The number of non-ortho nitro benzene ring substituents is 1. The van der Waals surface area contributed by atoms with Crippen molar-refractivity contribution in [2.24, 2.45) is 0 Å². The second-order valence-electron chi connectivity index (χ2n) is 5.28. The first-order chi connectivity index (χ1) is 10.1. The largest absolute Gasteiger partial charge is 0.314 e. The van der Waals surface area contributed by atoms with Crippen molar-refractivity contribution in [2.45, 2.75) is 31.8 Å². The van der Waals surface area contributed by atoms with Gasteiger partial charge in [-0.15, -0.1) is 0 Å². The monoisotopic (exact) mass is 288 g/mol. The second kappa shape index (κ2) is 5.61. The van der Waals surface area contributed by atoms with Gasteiger partial charge in [0.25, 0.3) is 11.2 Å². The van der Waals surface area contributed by atoms with Crippen molar-refractivity contribution < 1.29 is 4.92 Å². The lowest BCUT2D eigenvalue weighted by atomic mass is 10.2. The van der Waals surface area contributed by atoms with Crippen LogP contribution in [0.1, 0.15) is 19.3 Å². The maximum atomic E-state index is 12.3. The van der Waals surface area contributed by atoms with Gasteiger partial charge in [-0.1, -0.05) is 0 Å². The van der Waals surface area contributed by atoms with Crippen LogP contribution < -0.4 is 10.9 Å². The van der Waals surface area contributed by atoms with Gasteiger partial charge in [0.05, 0.1) is 22.2 Å². The van der Waals surface area contributed by atoms with E-state index in [0.29, 0.717) is 23.5 Å². The smallest absolute Gasteiger partial charge is 0.270 e. The summed E-state index contributed by atoms with van der Waals surface area (Å²) >= 11 is 0. The van der Waals surface area contributed by atoms with Crippen LogP contribution in [0.3, 0.4) is 0 Å². The summed E-state index contributed by atoms with van der Waals surface area (Å²) in [6.45, 7) is 1.42. The van der Waals surface area contributed by atoms with Crippen LogP contribution in [0.5, 0.6) is 0 Å². The van der Waals surface area contributed by atoms with Crippen molar-refractivity contribution in [1.82, 2.24) is 14.9 Å². The fraction of sp³-hybridized carbons (Fsp3) is 0.429. The molecule has 110 valence electrons. The Hall–Kier alpha value is -2.28. The van der Waals surface area contributed by atoms with Crippen LogP contribution in [0.15, 0.2) is 29.3 Å². The highest BCUT2D eigenvalue weighted by Gasteiger charge is 2.19. The van der Waals surface area contributed by atoms with E-state index in [-0.39, 0.29) is 11.2 Å². The zero-order valence-electron chi connectivity index (χ0n) is 11.5. The molecule has 3 rings (SSSR count). The average molecular weight is 288 g/mol. The topological polar surface area (TPSA) is 90.1 Å². The molecule has 1 aliphatic rings. The summed E-state index contributed by atoms with van der Waals surface area (Å²) in [7, 11) is 0. The first kappa shape index (κ1) is 13.7. The van der Waals surface area contributed by atoms with Crippen molar-refractivity contribution in [2.75, 3.05) is 6.54 Å². The summed E-state index contributed by atoms with van der Waals surface area (Å²) in [5.74, 6) is 0. The van der Waals surface area contributed by atoms with E-state index in [1.54, 1.807) is 0 Å². The quantitative estimate of drug-likeness (QED) is 0.493. The fourth-order valence-corrected chi connectivity index (χ4v) is 2.26. The number of benzene rings is 1. The van der Waals surface area contributed by atoms with Crippen LogP contribution in [0.2, 0.25) is 0 Å². The molecule has 1 saturated carbocycles. The number of hydrogen-bond donors (Lipinski definition) is 1. The highest BCUT2D eigenvalue weighted by molar-refractivity contribution is 5.79. The van der Waals surface area contributed by atoms with Gasteiger partial charge in [-0.25, -0.2) is 4.98 Å². The molecule has 0 amide bonds. The van der Waals surface area contributed by atoms with Crippen molar-refractivity contribution in [1.29, 1.82) is 0 Å². The van der Waals surface area contributed by atoms with E-state index >= 15 is 0 Å². The second-order valence-corrected chi connectivity index (χ2v) is 5.28. The summed E-state index contributed by atoms with van der Waals surface area (Å²) in [6, 6.07) is 4.81. The Kier molecular flexibility index (Phi) is 3.66. The molecular weight excluding hydrogens is 272 g/mol. The Labute approximate surface area is 120 Å². The van der Waals surface area contributed by atoms with Crippen LogP contribution >= 0.6 is 0 Å². The zero-order chi connectivity index (χ0) is 14.8. The van der Waals surface area contributed by atoms with Crippen LogP contribution in [-0.4, -0.2) is 27.1 Å². The lowest BCUT2D eigenvalue weighted by Gasteiger charge is -2.07. The molecule has 2 aromatic rings. The van der Waals surface area contributed by atoms with Crippen molar-refractivity contribution in [3.63, 3.8) is 0 Å². The number of fused-ring (bicyclic) bond motifs is 1. The van der Waals surface area contributed by atoms with Crippen molar-refractivity contribution in [3.05, 3.63) is 45.0 Å². The molecule has 1 fully saturated rings. The minimum absolute atomic E-state index is 0.0884. The third-order valence-corrected chi connectivity index (χ3v) is 3.60. The van der Waals surface area contributed by atoms with E-state index in [9.17, 15) is 14.9 Å². The molecule has 1 aromatic carbocycles. The van der Waals surface area contributed by atoms with Crippen molar-refractivity contribution in [3.8, 4) is 0 Å². The zero-order valence-corrected chi connectivity index (χ0v) is 11.5. The van der Waals surface area contributed by atoms with Gasteiger partial charge >= 0.3 is 0 Å². The molecule has 1 heterocycles. The first-order valence-electron chi connectivity index (χ1n) is 7.02. The number of nitrogens with zero attached hydrogens (tertiary/aromatic N) is 3. The molecule has 1 aliphatic carbocycles. The summed E-state index contributed by atoms with van der Waals surface area (Å²) in [4.78, 5) is 26.8. The minimum Gasteiger partial charge on any atom is -0.314 e. The van der Waals surface area contributed by atoms with Gasteiger partial charge < -0.3 is 5.32 Å². The molecule has 0 aliphatic heterocycles. The highest BCUT2D eigenvalue weighted by Crippen LogP contribution is 2.18. The first-order valence-corrected chi connectivity index (χ1v) is 7.02. The maximum absolute atomic E-state index is 12.3. The number of aryl methyl sites for hydroxylation is 1. The normalized spacial score (nSPS) is 14.5. The van der Waals surface area contributed by atoms with Crippen LogP contribution in [0, 0.1) is 10.1 Å². The van der Waals surface area contributed by atoms with Crippen LogP contribution in [-0.2, 0) is 6.54 Å². The van der Waals surface area contributed by atoms with E-state index in [4.69, 9.17) is 0 Å².